The second-order valence-electron chi connectivity index (χ2n) is 6.77. The summed E-state index contributed by atoms with van der Waals surface area (Å²) in [5, 5.41) is 11.3. The molecule has 1 N–H and O–H groups in total. The minimum absolute atomic E-state index is 0.00115. The Morgan fingerprint density at radius 3 is 2.38 bits per heavy atom. The second-order valence-corrected chi connectivity index (χ2v) is 6.77. The van der Waals surface area contributed by atoms with Gasteiger partial charge in [-0.1, -0.05) is 24.3 Å². The van der Waals surface area contributed by atoms with Crippen LogP contribution >= 0.6 is 0 Å². The van der Waals surface area contributed by atoms with Crippen molar-refractivity contribution in [2.24, 2.45) is 0 Å². The highest BCUT2D eigenvalue weighted by atomic mass is 16.5. The number of nitrogens with one attached hydrogen (secondary N) is 1. The van der Waals surface area contributed by atoms with Gasteiger partial charge >= 0.3 is 0 Å². The molecule has 29 heavy (non-hydrogen) atoms. The molecule has 0 heterocycles. The van der Waals surface area contributed by atoms with E-state index in [9.17, 15) is 9.59 Å². The number of rotatable bonds is 8. The van der Waals surface area contributed by atoms with Gasteiger partial charge in [0.15, 0.2) is 6.61 Å². The first-order valence-corrected chi connectivity index (χ1v) is 9.32. The van der Waals surface area contributed by atoms with E-state index in [4.69, 9.17) is 10.00 Å². The molecule has 0 aliphatic heterocycles. The Hall–Kier alpha value is -3.59. The van der Waals surface area contributed by atoms with Gasteiger partial charge in [-0.2, -0.15) is 5.26 Å². The zero-order valence-electron chi connectivity index (χ0n) is 16.9. The van der Waals surface area contributed by atoms with E-state index < -0.39 is 0 Å². The Balaban J connectivity index is 1.85. The van der Waals surface area contributed by atoms with Crippen molar-refractivity contribution in [3.05, 3.63) is 71.3 Å². The fourth-order valence-electron chi connectivity index (χ4n) is 2.41. The van der Waals surface area contributed by atoms with Gasteiger partial charge in [-0.15, -0.1) is 0 Å². The normalized spacial score (nSPS) is 10.6. The van der Waals surface area contributed by atoms with Crippen molar-refractivity contribution in [1.29, 1.82) is 5.26 Å². The predicted molar refractivity (Wildman–Crippen MR) is 112 cm³/mol. The van der Waals surface area contributed by atoms with Crippen molar-refractivity contribution in [3.8, 4) is 11.8 Å². The molecule has 0 aromatic heterocycles. The maximum absolute atomic E-state index is 12.3. The first-order chi connectivity index (χ1) is 13.9. The number of carbonyl (C=O) groups excluding carboxylic acids is 2. The third kappa shape index (κ3) is 6.82. The van der Waals surface area contributed by atoms with Gasteiger partial charge in [0, 0.05) is 31.3 Å². The van der Waals surface area contributed by atoms with Crippen LogP contribution in [-0.4, -0.2) is 36.4 Å². The van der Waals surface area contributed by atoms with Crippen LogP contribution in [-0.2, 0) is 11.3 Å². The summed E-state index contributed by atoms with van der Waals surface area (Å²) >= 11 is 0. The third-order valence-corrected chi connectivity index (χ3v) is 4.37. The molecule has 2 amide bonds. The van der Waals surface area contributed by atoms with Gasteiger partial charge in [0.05, 0.1) is 0 Å². The van der Waals surface area contributed by atoms with Crippen LogP contribution < -0.4 is 10.1 Å². The van der Waals surface area contributed by atoms with Gasteiger partial charge in [0.2, 0.25) is 5.91 Å². The van der Waals surface area contributed by atoms with Crippen molar-refractivity contribution in [2.75, 3.05) is 13.7 Å². The summed E-state index contributed by atoms with van der Waals surface area (Å²) < 4.78 is 5.18. The van der Waals surface area contributed by atoms with Crippen molar-refractivity contribution in [1.82, 2.24) is 10.2 Å². The highest BCUT2D eigenvalue weighted by molar-refractivity contribution is 5.94. The fourth-order valence-corrected chi connectivity index (χ4v) is 2.41. The fraction of sp³-hybridized carbons (Fsp3) is 0.261. The molecule has 0 aliphatic carbocycles. The third-order valence-electron chi connectivity index (χ3n) is 4.37. The summed E-state index contributed by atoms with van der Waals surface area (Å²) in [7, 11) is 1.78. The maximum Gasteiger partial charge on any atom is 0.253 e. The molecule has 0 bridgehead atoms. The molecular formula is C23H25N3O3. The minimum Gasteiger partial charge on any atom is -0.479 e. The zero-order valence-corrected chi connectivity index (χ0v) is 16.9. The molecule has 0 saturated carbocycles. The SMILES string of the molecule is CC(C)N(C)C(=O)c1ccc(CNC(=O)/C=C/c2ccc(OCC#N)cc2)cc1. The van der Waals surface area contributed by atoms with Crippen LogP contribution in [0.3, 0.4) is 0 Å². The van der Waals surface area contributed by atoms with Crippen molar-refractivity contribution in [2.45, 2.75) is 26.4 Å². The Labute approximate surface area is 171 Å². The van der Waals surface area contributed by atoms with E-state index in [2.05, 4.69) is 5.32 Å². The van der Waals surface area contributed by atoms with E-state index in [0.29, 0.717) is 17.9 Å². The van der Waals surface area contributed by atoms with E-state index in [0.717, 1.165) is 11.1 Å². The van der Waals surface area contributed by atoms with Crippen LogP contribution in [0.15, 0.2) is 54.6 Å². The van der Waals surface area contributed by atoms with E-state index >= 15 is 0 Å². The number of nitrogens with zero attached hydrogens (tertiary/aromatic N) is 2. The van der Waals surface area contributed by atoms with Crippen molar-refractivity contribution < 1.29 is 14.3 Å². The molecule has 2 rings (SSSR count). The van der Waals surface area contributed by atoms with E-state index in [1.807, 2.05) is 32.0 Å². The molecule has 2 aromatic carbocycles. The number of hydrogen-bond acceptors (Lipinski definition) is 4. The zero-order chi connectivity index (χ0) is 21.2. The first-order valence-electron chi connectivity index (χ1n) is 9.32. The number of nitriles is 1. The molecule has 2 aromatic rings. The second kappa shape index (κ2) is 10.7. The molecule has 0 radical (unpaired) electrons. The number of hydrogen-bond donors (Lipinski definition) is 1. The Bertz CT molecular complexity index is 894. The number of amides is 2. The van der Waals surface area contributed by atoms with Crippen molar-refractivity contribution >= 4 is 17.9 Å². The summed E-state index contributed by atoms with van der Waals surface area (Å²) in [6, 6.07) is 16.4. The topological polar surface area (TPSA) is 82.4 Å². The lowest BCUT2D eigenvalue weighted by molar-refractivity contribution is -0.116. The standard InChI is InChI=1S/C23H25N3O3/c1-17(2)26(3)23(28)20-9-4-19(5-10-20)16-25-22(27)13-8-18-6-11-21(12-7-18)29-15-14-24/h4-13,17H,15-16H2,1-3H3,(H,25,27)/b13-8+. The van der Waals surface area contributed by atoms with Gasteiger partial charge < -0.3 is 15.0 Å². The largest absolute Gasteiger partial charge is 0.479 e. The van der Waals surface area contributed by atoms with Crippen LogP contribution in [0.4, 0.5) is 0 Å². The average molecular weight is 391 g/mol. The summed E-state index contributed by atoms with van der Waals surface area (Å²) in [6.45, 7) is 4.30. The maximum atomic E-state index is 12.3. The summed E-state index contributed by atoms with van der Waals surface area (Å²) in [5.74, 6) is 0.367. The van der Waals surface area contributed by atoms with E-state index in [-0.39, 0.29) is 24.5 Å². The first kappa shape index (κ1) is 21.7. The Morgan fingerprint density at radius 1 is 1.14 bits per heavy atom. The molecule has 150 valence electrons. The minimum atomic E-state index is -0.213. The Kier molecular flexibility index (Phi) is 7.99. The molecule has 0 saturated heterocycles. The number of ether oxygens (including phenoxy) is 1. The highest BCUT2D eigenvalue weighted by Crippen LogP contribution is 2.13. The average Bonchev–Trinajstić information content (AvgIpc) is 2.74. The predicted octanol–water partition coefficient (Wildman–Crippen LogP) is 3.40. The molecule has 0 unspecified atom stereocenters. The lowest BCUT2D eigenvalue weighted by Gasteiger charge is -2.21. The lowest BCUT2D eigenvalue weighted by atomic mass is 10.1. The summed E-state index contributed by atoms with van der Waals surface area (Å²) in [4.78, 5) is 26.0. The quantitative estimate of drug-likeness (QED) is 0.699. The van der Waals surface area contributed by atoms with Gasteiger partial charge in [0.25, 0.3) is 5.91 Å². The smallest absolute Gasteiger partial charge is 0.253 e. The molecule has 0 aliphatic rings. The van der Waals surface area contributed by atoms with Crippen LogP contribution in [0.2, 0.25) is 0 Å². The van der Waals surface area contributed by atoms with Crippen LogP contribution in [0.1, 0.15) is 35.3 Å². The van der Waals surface area contributed by atoms with Gasteiger partial charge in [-0.3, -0.25) is 9.59 Å². The molecule has 6 nitrogen and oxygen atoms in total. The molecular weight excluding hydrogens is 366 g/mol. The van der Waals surface area contributed by atoms with Gasteiger partial charge in [-0.25, -0.2) is 0 Å². The van der Waals surface area contributed by atoms with E-state index in [1.165, 1.54) is 6.08 Å². The number of benzene rings is 2. The highest BCUT2D eigenvalue weighted by Gasteiger charge is 2.13. The number of carbonyl (C=O) groups is 2. The van der Waals surface area contributed by atoms with Gasteiger partial charge in [-0.05, 0) is 55.3 Å². The Morgan fingerprint density at radius 2 is 1.79 bits per heavy atom. The molecule has 0 atom stereocenters. The molecule has 0 spiro atoms. The van der Waals surface area contributed by atoms with Gasteiger partial charge in [0.1, 0.15) is 11.8 Å². The molecule has 0 fully saturated rings. The van der Waals surface area contributed by atoms with Crippen LogP contribution in [0.5, 0.6) is 5.75 Å². The van der Waals surface area contributed by atoms with Crippen LogP contribution in [0.25, 0.3) is 6.08 Å². The summed E-state index contributed by atoms with van der Waals surface area (Å²) in [5.41, 5.74) is 2.38. The molecule has 6 heteroatoms. The monoisotopic (exact) mass is 391 g/mol. The van der Waals surface area contributed by atoms with Crippen LogP contribution in [0, 0.1) is 11.3 Å². The van der Waals surface area contributed by atoms with Crippen molar-refractivity contribution in [3.63, 3.8) is 0 Å². The lowest BCUT2D eigenvalue weighted by Crippen LogP contribution is -2.32. The summed E-state index contributed by atoms with van der Waals surface area (Å²) in [6.07, 6.45) is 3.16. The van der Waals surface area contributed by atoms with E-state index in [1.54, 1.807) is 54.4 Å².